The van der Waals surface area contributed by atoms with Crippen LogP contribution in [-0.2, 0) is 19.2 Å². The number of halogens is 4. The second kappa shape index (κ2) is 6.70. The molecule has 0 aliphatic carbocycles. The maximum atomic E-state index is 13.4. The van der Waals surface area contributed by atoms with E-state index in [0.717, 1.165) is 35.2 Å². The number of nitrogens with zero attached hydrogens (tertiary/aromatic N) is 1. The van der Waals surface area contributed by atoms with Crippen LogP contribution in [0.15, 0.2) is 48.5 Å². The first-order chi connectivity index (χ1) is 11.8. The molecule has 0 unspecified atom stereocenters. The van der Waals surface area contributed by atoms with Crippen LogP contribution in [0.1, 0.15) is 23.7 Å². The molecule has 3 aromatic rings. The van der Waals surface area contributed by atoms with Crippen molar-refractivity contribution in [3.63, 3.8) is 0 Å². The molecule has 0 N–H and O–H groups in total. The van der Waals surface area contributed by atoms with Crippen molar-refractivity contribution in [2.24, 2.45) is 0 Å². The highest BCUT2D eigenvalue weighted by Crippen LogP contribution is 2.30. The van der Waals surface area contributed by atoms with Crippen molar-refractivity contribution in [3.8, 4) is 5.75 Å². The number of hydrogen-bond donors (Lipinski definition) is 0. The Balaban J connectivity index is 1.81. The van der Waals surface area contributed by atoms with E-state index in [1.165, 1.54) is 0 Å². The van der Waals surface area contributed by atoms with Crippen molar-refractivity contribution in [3.05, 3.63) is 71.2 Å². The van der Waals surface area contributed by atoms with Crippen LogP contribution in [0, 0.1) is 5.82 Å². The fourth-order valence-corrected chi connectivity index (χ4v) is 2.49. The van der Waals surface area contributed by atoms with E-state index in [0.29, 0.717) is 11.8 Å². The van der Waals surface area contributed by atoms with E-state index >= 15 is 0 Å². The van der Waals surface area contributed by atoms with Gasteiger partial charge in [0.2, 0.25) is 0 Å². The molecule has 0 atom stereocenters. The Hall–Kier alpha value is -2.63. The zero-order chi connectivity index (χ0) is 18.0. The molecule has 0 radical (unpaired) electrons. The molecule has 2 nitrogen and oxygen atoms in total. The van der Waals surface area contributed by atoms with Crippen LogP contribution in [0.5, 0.6) is 5.75 Å². The van der Waals surface area contributed by atoms with Crippen molar-refractivity contribution >= 4 is 10.9 Å². The Morgan fingerprint density at radius 2 is 1.76 bits per heavy atom. The minimum Gasteiger partial charge on any atom is -0.489 e. The van der Waals surface area contributed by atoms with E-state index in [-0.39, 0.29) is 12.2 Å². The van der Waals surface area contributed by atoms with Crippen LogP contribution in [0.25, 0.3) is 10.9 Å². The quantitative estimate of drug-likeness (QED) is 0.578. The highest BCUT2D eigenvalue weighted by atomic mass is 19.4. The SMILES string of the molecule is CCc1ccc2ccc(OCc3cc(F)cc(C(F)(F)F)c3)cc2n1. The summed E-state index contributed by atoms with van der Waals surface area (Å²) >= 11 is 0. The van der Waals surface area contributed by atoms with Gasteiger partial charge < -0.3 is 4.74 Å². The first-order valence-electron chi connectivity index (χ1n) is 7.74. The number of alkyl halides is 3. The number of hydrogen-bond acceptors (Lipinski definition) is 2. The fourth-order valence-electron chi connectivity index (χ4n) is 2.49. The van der Waals surface area contributed by atoms with Gasteiger partial charge >= 0.3 is 6.18 Å². The van der Waals surface area contributed by atoms with Gasteiger partial charge in [-0.25, -0.2) is 4.39 Å². The lowest BCUT2D eigenvalue weighted by atomic mass is 10.1. The Bertz CT molecular complexity index is 906. The highest BCUT2D eigenvalue weighted by molar-refractivity contribution is 5.80. The zero-order valence-electron chi connectivity index (χ0n) is 13.4. The van der Waals surface area contributed by atoms with Crippen LogP contribution in [0.4, 0.5) is 17.6 Å². The molecular weight excluding hydrogens is 334 g/mol. The fraction of sp³-hybridized carbons (Fsp3) is 0.211. The van der Waals surface area contributed by atoms with Crippen molar-refractivity contribution in [1.29, 1.82) is 0 Å². The molecule has 0 spiro atoms. The van der Waals surface area contributed by atoms with Crippen LogP contribution in [0.3, 0.4) is 0 Å². The standard InChI is InChI=1S/C19H15F4NO/c1-2-16-5-3-13-4-6-17(10-18(13)24-16)25-11-12-7-14(19(21,22)23)9-15(20)8-12/h3-10H,2,11H2,1H3. The van der Waals surface area contributed by atoms with Gasteiger partial charge in [0, 0.05) is 17.1 Å². The number of aryl methyl sites for hydroxylation is 1. The number of aromatic nitrogens is 1. The molecule has 25 heavy (non-hydrogen) atoms. The van der Waals surface area contributed by atoms with Gasteiger partial charge in [0.1, 0.15) is 18.2 Å². The van der Waals surface area contributed by atoms with Gasteiger partial charge in [-0.3, -0.25) is 4.98 Å². The predicted octanol–water partition coefficient (Wildman–Crippen LogP) is 5.53. The largest absolute Gasteiger partial charge is 0.489 e. The molecule has 0 saturated carbocycles. The molecule has 130 valence electrons. The molecule has 1 aromatic heterocycles. The third kappa shape index (κ3) is 4.07. The molecule has 0 aliphatic rings. The van der Waals surface area contributed by atoms with Crippen LogP contribution >= 0.6 is 0 Å². The highest BCUT2D eigenvalue weighted by Gasteiger charge is 2.31. The first-order valence-corrected chi connectivity index (χ1v) is 7.74. The van der Waals surface area contributed by atoms with Gasteiger partial charge in [0.05, 0.1) is 11.1 Å². The number of rotatable bonds is 4. The first kappa shape index (κ1) is 17.2. The minimum absolute atomic E-state index is 0.114. The van der Waals surface area contributed by atoms with E-state index in [9.17, 15) is 17.6 Å². The Morgan fingerprint density at radius 1 is 1.00 bits per heavy atom. The molecule has 0 amide bonds. The van der Waals surface area contributed by atoms with Crippen LogP contribution in [0.2, 0.25) is 0 Å². The predicted molar refractivity (Wildman–Crippen MR) is 86.9 cm³/mol. The Kier molecular flexibility index (Phi) is 4.61. The minimum atomic E-state index is -4.60. The number of benzene rings is 2. The summed E-state index contributed by atoms with van der Waals surface area (Å²) in [6.45, 7) is 1.83. The summed E-state index contributed by atoms with van der Waals surface area (Å²) in [5, 5.41) is 0.940. The van der Waals surface area contributed by atoms with E-state index in [2.05, 4.69) is 4.98 Å². The molecule has 1 heterocycles. The number of fused-ring (bicyclic) bond motifs is 1. The van der Waals surface area contributed by atoms with Gasteiger partial charge in [-0.2, -0.15) is 13.2 Å². The normalized spacial score (nSPS) is 11.7. The van der Waals surface area contributed by atoms with E-state index in [4.69, 9.17) is 4.74 Å². The third-order valence-electron chi connectivity index (χ3n) is 3.77. The van der Waals surface area contributed by atoms with E-state index in [1.807, 2.05) is 25.1 Å². The lowest BCUT2D eigenvalue weighted by Crippen LogP contribution is -2.07. The van der Waals surface area contributed by atoms with E-state index in [1.54, 1.807) is 12.1 Å². The molecular formula is C19H15F4NO. The van der Waals surface area contributed by atoms with Gasteiger partial charge in [0.15, 0.2) is 0 Å². The summed E-state index contributed by atoms with van der Waals surface area (Å²) in [5.41, 5.74) is 0.762. The van der Waals surface area contributed by atoms with E-state index < -0.39 is 17.6 Å². The molecule has 2 aromatic carbocycles. The number of pyridine rings is 1. The monoisotopic (exact) mass is 349 g/mol. The zero-order valence-corrected chi connectivity index (χ0v) is 13.4. The van der Waals surface area contributed by atoms with Gasteiger partial charge in [-0.15, -0.1) is 0 Å². The molecule has 0 aliphatic heterocycles. The van der Waals surface area contributed by atoms with Gasteiger partial charge in [-0.05, 0) is 48.4 Å². The second-order valence-corrected chi connectivity index (χ2v) is 5.65. The lowest BCUT2D eigenvalue weighted by Gasteiger charge is -2.11. The Morgan fingerprint density at radius 3 is 2.48 bits per heavy atom. The third-order valence-corrected chi connectivity index (χ3v) is 3.77. The molecule has 0 fully saturated rings. The van der Waals surface area contributed by atoms with Gasteiger partial charge in [-0.1, -0.05) is 13.0 Å². The summed E-state index contributed by atoms with van der Waals surface area (Å²) in [7, 11) is 0. The second-order valence-electron chi connectivity index (χ2n) is 5.65. The Labute approximate surface area is 142 Å². The topological polar surface area (TPSA) is 22.1 Å². The van der Waals surface area contributed by atoms with Crippen molar-refractivity contribution in [1.82, 2.24) is 4.98 Å². The molecule has 0 saturated heterocycles. The van der Waals surface area contributed by atoms with Crippen LogP contribution in [-0.4, -0.2) is 4.98 Å². The maximum Gasteiger partial charge on any atom is 0.416 e. The molecule has 0 bridgehead atoms. The maximum absolute atomic E-state index is 13.4. The molecule has 3 rings (SSSR count). The summed E-state index contributed by atoms with van der Waals surface area (Å²) in [6.07, 6.45) is -3.80. The summed E-state index contributed by atoms with van der Waals surface area (Å²) in [6, 6.07) is 11.5. The van der Waals surface area contributed by atoms with Crippen molar-refractivity contribution in [2.75, 3.05) is 0 Å². The van der Waals surface area contributed by atoms with Crippen LogP contribution < -0.4 is 4.74 Å². The summed E-state index contributed by atoms with van der Waals surface area (Å²) in [4.78, 5) is 4.48. The van der Waals surface area contributed by atoms with Crippen molar-refractivity contribution < 1.29 is 22.3 Å². The van der Waals surface area contributed by atoms with Gasteiger partial charge in [0.25, 0.3) is 0 Å². The number of ether oxygens (including phenoxy) is 1. The lowest BCUT2D eigenvalue weighted by molar-refractivity contribution is -0.137. The van der Waals surface area contributed by atoms with Crippen molar-refractivity contribution in [2.45, 2.75) is 26.1 Å². The molecule has 6 heteroatoms. The summed E-state index contributed by atoms with van der Waals surface area (Å²) in [5.74, 6) is -0.479. The smallest absolute Gasteiger partial charge is 0.416 e. The average Bonchev–Trinajstić information content (AvgIpc) is 2.58. The average molecular weight is 349 g/mol. The summed E-state index contributed by atoms with van der Waals surface area (Å²) < 4.78 is 57.2.